The van der Waals surface area contributed by atoms with E-state index in [1.807, 2.05) is 91.0 Å². The number of rotatable bonds is 9. The van der Waals surface area contributed by atoms with E-state index in [0.29, 0.717) is 0 Å². The second kappa shape index (κ2) is 9.26. The van der Waals surface area contributed by atoms with Crippen LogP contribution in [0.4, 0.5) is 0 Å². The third-order valence-electron chi connectivity index (χ3n) is 4.68. The van der Waals surface area contributed by atoms with Crippen molar-refractivity contribution in [3.8, 4) is 0 Å². The minimum Gasteiger partial charge on any atom is -0.390 e. The fraction of sp³-hybridized carbons (Fsp3) is 0.217. The lowest BCUT2D eigenvalue weighted by atomic mass is 9.80. The molecule has 0 radical (unpaired) electrons. The maximum absolute atomic E-state index is 10.6. The van der Waals surface area contributed by atoms with Crippen LogP contribution in [-0.2, 0) is 10.3 Å². The van der Waals surface area contributed by atoms with Crippen LogP contribution in [0.15, 0.2) is 91.0 Å². The molecule has 0 bridgehead atoms. The van der Waals surface area contributed by atoms with Crippen molar-refractivity contribution in [1.29, 1.82) is 0 Å². The summed E-state index contributed by atoms with van der Waals surface area (Å²) < 4.78 is 6.41. The van der Waals surface area contributed by atoms with E-state index in [-0.39, 0.29) is 19.6 Å². The van der Waals surface area contributed by atoms with Crippen LogP contribution in [-0.4, -0.2) is 29.3 Å². The standard InChI is InChI=1S/C23H23NO4/c25-22(16-17-24(26)27)18-28-23(19-10-4-1-5-11-19,20-12-6-2-7-13-20)21-14-8-3-9-15-21/h1-15,22,25H,16-18H2/t22-/m1/s1. The molecule has 0 fully saturated rings. The summed E-state index contributed by atoms with van der Waals surface area (Å²) in [4.78, 5) is 10.2. The molecule has 0 aliphatic carbocycles. The molecule has 0 unspecified atom stereocenters. The molecule has 0 aliphatic heterocycles. The number of hydrogen-bond donors (Lipinski definition) is 1. The maximum Gasteiger partial charge on any atom is 0.206 e. The topological polar surface area (TPSA) is 72.6 Å². The first-order valence-corrected chi connectivity index (χ1v) is 9.23. The fourth-order valence-electron chi connectivity index (χ4n) is 3.33. The van der Waals surface area contributed by atoms with Gasteiger partial charge in [-0.1, -0.05) is 91.0 Å². The van der Waals surface area contributed by atoms with Crippen LogP contribution in [0, 0.1) is 10.1 Å². The minimum atomic E-state index is -0.931. The molecular formula is C23H23NO4. The molecule has 0 aliphatic rings. The molecule has 3 aromatic rings. The van der Waals surface area contributed by atoms with Gasteiger partial charge in [0, 0.05) is 11.3 Å². The van der Waals surface area contributed by atoms with Crippen LogP contribution >= 0.6 is 0 Å². The van der Waals surface area contributed by atoms with Crippen molar-refractivity contribution >= 4 is 0 Å². The average molecular weight is 377 g/mol. The first-order valence-electron chi connectivity index (χ1n) is 9.23. The molecule has 0 heterocycles. The van der Waals surface area contributed by atoms with E-state index < -0.39 is 16.6 Å². The van der Waals surface area contributed by atoms with E-state index in [2.05, 4.69) is 0 Å². The van der Waals surface area contributed by atoms with Gasteiger partial charge in [-0.15, -0.1) is 0 Å². The number of aliphatic hydroxyl groups excluding tert-OH is 1. The van der Waals surface area contributed by atoms with Crippen molar-refractivity contribution in [1.82, 2.24) is 0 Å². The summed E-state index contributed by atoms with van der Waals surface area (Å²) in [6, 6.07) is 29.4. The Bertz CT molecular complexity index is 772. The van der Waals surface area contributed by atoms with E-state index in [4.69, 9.17) is 4.74 Å². The van der Waals surface area contributed by atoms with Crippen LogP contribution in [0.25, 0.3) is 0 Å². The smallest absolute Gasteiger partial charge is 0.206 e. The van der Waals surface area contributed by atoms with Gasteiger partial charge in [0.1, 0.15) is 5.60 Å². The van der Waals surface area contributed by atoms with Crippen LogP contribution in [0.5, 0.6) is 0 Å². The highest BCUT2D eigenvalue weighted by Crippen LogP contribution is 2.40. The Morgan fingerprint density at radius 2 is 1.21 bits per heavy atom. The molecule has 0 saturated carbocycles. The van der Waals surface area contributed by atoms with Crippen molar-refractivity contribution in [2.45, 2.75) is 18.1 Å². The van der Waals surface area contributed by atoms with Crippen molar-refractivity contribution in [3.63, 3.8) is 0 Å². The highest BCUT2D eigenvalue weighted by atomic mass is 16.6. The molecule has 0 aromatic heterocycles. The third kappa shape index (κ3) is 4.44. The van der Waals surface area contributed by atoms with Gasteiger partial charge in [-0.3, -0.25) is 10.1 Å². The lowest BCUT2D eigenvalue weighted by molar-refractivity contribution is -0.482. The van der Waals surface area contributed by atoms with Crippen LogP contribution in [0.3, 0.4) is 0 Å². The fourth-order valence-corrected chi connectivity index (χ4v) is 3.33. The second-order valence-corrected chi connectivity index (χ2v) is 6.59. The number of nitrogens with zero attached hydrogens (tertiary/aromatic N) is 1. The zero-order valence-electron chi connectivity index (χ0n) is 15.5. The maximum atomic E-state index is 10.6. The minimum absolute atomic E-state index is 0.0213. The van der Waals surface area contributed by atoms with Crippen molar-refractivity contribution < 1.29 is 14.8 Å². The summed E-state index contributed by atoms with van der Waals surface area (Å²) in [5, 5.41) is 20.9. The molecule has 5 heteroatoms. The normalized spacial score (nSPS) is 12.5. The Hall–Kier alpha value is -3.02. The summed E-state index contributed by atoms with van der Waals surface area (Å²) in [5.41, 5.74) is 1.84. The van der Waals surface area contributed by atoms with Crippen molar-refractivity contribution in [2.24, 2.45) is 0 Å². The van der Waals surface area contributed by atoms with Gasteiger partial charge in [-0.05, 0) is 16.7 Å². The summed E-state index contributed by atoms with van der Waals surface area (Å²) in [5.74, 6) is 0. The predicted octanol–water partition coefficient (Wildman–Crippen LogP) is 4.02. The predicted molar refractivity (Wildman–Crippen MR) is 108 cm³/mol. The van der Waals surface area contributed by atoms with E-state index >= 15 is 0 Å². The Balaban J connectivity index is 2.05. The third-order valence-corrected chi connectivity index (χ3v) is 4.68. The molecule has 144 valence electrons. The van der Waals surface area contributed by atoms with Crippen LogP contribution in [0.1, 0.15) is 23.1 Å². The highest BCUT2D eigenvalue weighted by Gasteiger charge is 2.38. The van der Waals surface area contributed by atoms with Crippen LogP contribution < -0.4 is 0 Å². The number of nitro groups is 1. The largest absolute Gasteiger partial charge is 0.390 e. The monoisotopic (exact) mass is 377 g/mol. The molecule has 0 spiro atoms. The van der Waals surface area contributed by atoms with Gasteiger partial charge in [-0.25, -0.2) is 0 Å². The van der Waals surface area contributed by atoms with E-state index in [0.717, 1.165) is 16.7 Å². The Kier molecular flexibility index (Phi) is 6.53. The molecular weight excluding hydrogens is 354 g/mol. The number of benzene rings is 3. The van der Waals surface area contributed by atoms with Gasteiger partial charge in [0.2, 0.25) is 6.54 Å². The van der Waals surface area contributed by atoms with Gasteiger partial charge in [0.05, 0.1) is 12.7 Å². The Morgan fingerprint density at radius 3 is 1.57 bits per heavy atom. The van der Waals surface area contributed by atoms with Gasteiger partial charge >= 0.3 is 0 Å². The van der Waals surface area contributed by atoms with E-state index in [1.54, 1.807) is 0 Å². The van der Waals surface area contributed by atoms with Gasteiger partial charge in [0.15, 0.2) is 0 Å². The summed E-state index contributed by atoms with van der Waals surface area (Å²) in [6.45, 7) is -0.313. The van der Waals surface area contributed by atoms with Crippen molar-refractivity contribution in [3.05, 3.63) is 118 Å². The molecule has 28 heavy (non-hydrogen) atoms. The number of hydrogen-bond acceptors (Lipinski definition) is 4. The SMILES string of the molecule is O=[N+]([O-])CC[C@@H](O)COC(c1ccccc1)(c1ccccc1)c1ccccc1. The molecule has 0 saturated heterocycles. The summed E-state index contributed by atoms with van der Waals surface area (Å²) in [6.07, 6.45) is -0.887. The lowest BCUT2D eigenvalue weighted by Gasteiger charge is -2.36. The molecule has 1 atom stereocenters. The zero-order chi connectivity index (χ0) is 19.8. The molecule has 0 amide bonds. The van der Waals surface area contributed by atoms with Crippen LogP contribution in [0.2, 0.25) is 0 Å². The highest BCUT2D eigenvalue weighted by molar-refractivity contribution is 5.47. The van der Waals surface area contributed by atoms with Gasteiger partial charge < -0.3 is 9.84 Å². The second-order valence-electron chi connectivity index (χ2n) is 6.59. The molecule has 3 aromatic carbocycles. The quantitative estimate of drug-likeness (QED) is 0.347. The van der Waals surface area contributed by atoms with Crippen molar-refractivity contribution in [2.75, 3.05) is 13.2 Å². The number of aliphatic hydroxyl groups is 1. The molecule has 1 N–H and O–H groups in total. The summed E-state index contributed by atoms with van der Waals surface area (Å²) in [7, 11) is 0. The summed E-state index contributed by atoms with van der Waals surface area (Å²) >= 11 is 0. The van der Waals surface area contributed by atoms with Gasteiger partial charge in [-0.2, -0.15) is 0 Å². The molecule has 3 rings (SSSR count). The number of ether oxygens (including phenoxy) is 1. The first-order chi connectivity index (χ1) is 13.6. The Morgan fingerprint density at radius 1 is 0.821 bits per heavy atom. The Labute approximate surface area is 164 Å². The zero-order valence-corrected chi connectivity index (χ0v) is 15.5. The van der Waals surface area contributed by atoms with Gasteiger partial charge in [0.25, 0.3) is 0 Å². The van der Waals surface area contributed by atoms with E-state index in [9.17, 15) is 15.2 Å². The average Bonchev–Trinajstić information content (AvgIpc) is 2.75. The molecule has 5 nitrogen and oxygen atoms in total. The lowest BCUT2D eigenvalue weighted by Crippen LogP contribution is -2.36. The van der Waals surface area contributed by atoms with E-state index in [1.165, 1.54) is 0 Å². The first kappa shape index (κ1) is 19.7.